The first kappa shape index (κ1) is 18.7. The average Bonchev–Trinajstić information content (AvgIpc) is 2.34. The molecule has 1 unspecified atom stereocenters. The number of carboxylic acids is 1. The van der Waals surface area contributed by atoms with Gasteiger partial charge in [0.05, 0.1) is 13.2 Å². The Labute approximate surface area is 120 Å². The maximum absolute atomic E-state index is 12.2. The summed E-state index contributed by atoms with van der Waals surface area (Å²) in [6.45, 7) is 6.81. The molecule has 1 atom stereocenters. The van der Waals surface area contributed by atoms with Crippen LogP contribution < -0.4 is 5.32 Å². The van der Waals surface area contributed by atoms with Crippen molar-refractivity contribution in [3.63, 3.8) is 0 Å². The number of carboxylic acid groups (broad SMARTS) is 1. The fourth-order valence-electron chi connectivity index (χ4n) is 1.58. The van der Waals surface area contributed by atoms with Gasteiger partial charge in [0.1, 0.15) is 6.04 Å². The van der Waals surface area contributed by atoms with Crippen LogP contribution in [-0.2, 0) is 14.3 Å². The molecule has 0 aromatic rings. The van der Waals surface area contributed by atoms with Crippen LogP contribution >= 0.6 is 0 Å². The number of methoxy groups -OCH3 is 2. The van der Waals surface area contributed by atoms with Gasteiger partial charge in [-0.25, -0.2) is 9.59 Å². The van der Waals surface area contributed by atoms with Crippen molar-refractivity contribution in [3.8, 4) is 0 Å². The van der Waals surface area contributed by atoms with Crippen molar-refractivity contribution < 1.29 is 24.2 Å². The van der Waals surface area contributed by atoms with Crippen molar-refractivity contribution in [2.24, 2.45) is 5.41 Å². The molecule has 2 amide bonds. The molecule has 2 N–H and O–H groups in total. The molecular weight excluding hydrogens is 264 g/mol. The van der Waals surface area contributed by atoms with Crippen molar-refractivity contribution in [3.05, 3.63) is 0 Å². The van der Waals surface area contributed by atoms with E-state index in [0.29, 0.717) is 26.3 Å². The zero-order chi connectivity index (χ0) is 15.8. The van der Waals surface area contributed by atoms with Gasteiger partial charge < -0.3 is 24.8 Å². The fraction of sp³-hybridized carbons (Fsp3) is 0.846. The Kier molecular flexibility index (Phi) is 8.17. The number of amides is 2. The summed E-state index contributed by atoms with van der Waals surface area (Å²) in [5.74, 6) is -1.05. The van der Waals surface area contributed by atoms with Crippen LogP contribution in [0.3, 0.4) is 0 Å². The fourth-order valence-corrected chi connectivity index (χ4v) is 1.58. The van der Waals surface area contributed by atoms with Crippen LogP contribution in [-0.4, -0.2) is 68.6 Å². The van der Waals surface area contributed by atoms with E-state index < -0.39 is 23.5 Å². The number of hydrogen-bond acceptors (Lipinski definition) is 4. The van der Waals surface area contributed by atoms with Crippen LogP contribution in [0.1, 0.15) is 20.8 Å². The predicted octanol–water partition coefficient (Wildman–Crippen LogP) is 0.790. The van der Waals surface area contributed by atoms with Crippen molar-refractivity contribution in [2.75, 3.05) is 40.5 Å². The number of carbonyl (C=O) groups excluding carboxylic acids is 1. The highest BCUT2D eigenvalue weighted by Crippen LogP contribution is 2.19. The third-order valence-corrected chi connectivity index (χ3v) is 2.80. The minimum absolute atomic E-state index is 0.377. The van der Waals surface area contributed by atoms with Gasteiger partial charge in [-0.15, -0.1) is 0 Å². The number of urea groups is 1. The van der Waals surface area contributed by atoms with Crippen LogP contribution in [0.2, 0.25) is 0 Å². The lowest BCUT2D eigenvalue weighted by Crippen LogP contribution is -2.54. The van der Waals surface area contributed by atoms with E-state index in [4.69, 9.17) is 9.47 Å². The Balaban J connectivity index is 4.73. The number of hydrogen-bond donors (Lipinski definition) is 2. The lowest BCUT2D eigenvalue weighted by molar-refractivity contribution is -0.142. The van der Waals surface area contributed by atoms with Crippen molar-refractivity contribution in [2.45, 2.75) is 26.8 Å². The molecule has 0 aromatic heterocycles. The van der Waals surface area contributed by atoms with Crippen LogP contribution in [0.5, 0.6) is 0 Å². The summed E-state index contributed by atoms with van der Waals surface area (Å²) < 4.78 is 9.89. The molecule has 0 aliphatic carbocycles. The standard InChI is InChI=1S/C13H26N2O5/c1-13(2,3)10(11(16)17)14-12(18)15(6-8-19-4)7-9-20-5/h10H,6-9H2,1-5H3,(H,14,18)(H,16,17). The van der Waals surface area contributed by atoms with Crippen LogP contribution in [0, 0.1) is 5.41 Å². The van der Waals surface area contributed by atoms with Crippen molar-refractivity contribution in [1.82, 2.24) is 10.2 Å². The molecule has 7 heteroatoms. The largest absolute Gasteiger partial charge is 0.480 e. The molecule has 0 aliphatic rings. The molecule has 0 saturated heterocycles. The van der Waals surface area contributed by atoms with Gasteiger partial charge in [0.15, 0.2) is 0 Å². The summed E-state index contributed by atoms with van der Waals surface area (Å²) in [7, 11) is 3.09. The van der Waals surface area contributed by atoms with E-state index in [1.807, 2.05) is 0 Å². The van der Waals surface area contributed by atoms with Gasteiger partial charge in [0.2, 0.25) is 0 Å². The van der Waals surface area contributed by atoms with E-state index in [1.54, 1.807) is 35.0 Å². The molecule has 0 radical (unpaired) electrons. The highest BCUT2D eigenvalue weighted by atomic mass is 16.5. The van der Waals surface area contributed by atoms with Gasteiger partial charge in [0, 0.05) is 27.3 Å². The smallest absolute Gasteiger partial charge is 0.326 e. The molecule has 0 aliphatic heterocycles. The molecule has 118 valence electrons. The zero-order valence-corrected chi connectivity index (χ0v) is 12.9. The number of nitrogens with one attached hydrogen (secondary N) is 1. The van der Waals surface area contributed by atoms with E-state index in [2.05, 4.69) is 5.32 Å². The van der Waals surface area contributed by atoms with Gasteiger partial charge in [-0.05, 0) is 5.41 Å². The normalized spacial score (nSPS) is 12.8. The first-order valence-corrected chi connectivity index (χ1v) is 6.50. The number of ether oxygens (including phenoxy) is 2. The summed E-state index contributed by atoms with van der Waals surface area (Å²) in [6, 6.07) is -1.39. The van der Waals surface area contributed by atoms with Gasteiger partial charge in [0.25, 0.3) is 0 Å². The highest BCUT2D eigenvalue weighted by Gasteiger charge is 2.33. The predicted molar refractivity (Wildman–Crippen MR) is 74.7 cm³/mol. The molecule has 0 fully saturated rings. The second-order valence-electron chi connectivity index (χ2n) is 5.56. The van der Waals surface area contributed by atoms with Crippen molar-refractivity contribution >= 4 is 12.0 Å². The molecule has 0 bridgehead atoms. The van der Waals surface area contributed by atoms with Crippen LogP contribution in [0.25, 0.3) is 0 Å². The van der Waals surface area contributed by atoms with E-state index in [-0.39, 0.29) is 0 Å². The third-order valence-electron chi connectivity index (χ3n) is 2.80. The summed E-state index contributed by atoms with van der Waals surface area (Å²) in [6.07, 6.45) is 0. The molecule has 0 spiro atoms. The Morgan fingerprint density at radius 1 is 1.15 bits per heavy atom. The van der Waals surface area contributed by atoms with E-state index in [0.717, 1.165) is 0 Å². The minimum Gasteiger partial charge on any atom is -0.480 e. The number of nitrogens with zero attached hydrogens (tertiary/aromatic N) is 1. The summed E-state index contributed by atoms with van der Waals surface area (Å²) in [5.41, 5.74) is -0.574. The molecule has 0 saturated carbocycles. The average molecular weight is 290 g/mol. The Morgan fingerprint density at radius 2 is 1.60 bits per heavy atom. The minimum atomic E-state index is -1.05. The van der Waals surface area contributed by atoms with Crippen molar-refractivity contribution in [1.29, 1.82) is 0 Å². The van der Waals surface area contributed by atoms with Gasteiger partial charge in [-0.2, -0.15) is 0 Å². The van der Waals surface area contributed by atoms with E-state index in [1.165, 1.54) is 4.90 Å². The first-order valence-electron chi connectivity index (χ1n) is 6.50. The monoisotopic (exact) mass is 290 g/mol. The zero-order valence-electron chi connectivity index (χ0n) is 12.9. The molecule has 20 heavy (non-hydrogen) atoms. The van der Waals surface area contributed by atoms with E-state index in [9.17, 15) is 14.7 Å². The first-order chi connectivity index (χ1) is 9.23. The summed E-state index contributed by atoms with van der Waals surface area (Å²) >= 11 is 0. The van der Waals surface area contributed by atoms with Gasteiger partial charge in [-0.3, -0.25) is 0 Å². The summed E-state index contributed by atoms with van der Waals surface area (Å²) in [5, 5.41) is 11.8. The molecule has 0 aromatic carbocycles. The Morgan fingerprint density at radius 3 is 1.90 bits per heavy atom. The Bertz CT molecular complexity index is 306. The second-order valence-corrected chi connectivity index (χ2v) is 5.56. The summed E-state index contributed by atoms with van der Waals surface area (Å²) in [4.78, 5) is 24.9. The Hall–Kier alpha value is -1.34. The second kappa shape index (κ2) is 8.76. The molecular formula is C13H26N2O5. The molecule has 0 heterocycles. The quantitative estimate of drug-likeness (QED) is 0.690. The lowest BCUT2D eigenvalue weighted by Gasteiger charge is -2.31. The number of aliphatic carboxylic acids is 1. The van der Waals surface area contributed by atoms with E-state index >= 15 is 0 Å². The molecule has 0 rings (SSSR count). The topological polar surface area (TPSA) is 88.1 Å². The van der Waals surface area contributed by atoms with Gasteiger partial charge >= 0.3 is 12.0 Å². The van der Waals surface area contributed by atoms with Crippen LogP contribution in [0.4, 0.5) is 4.79 Å². The highest BCUT2D eigenvalue weighted by molar-refractivity contribution is 5.83. The SMILES string of the molecule is COCCN(CCOC)C(=O)NC(C(=O)O)C(C)(C)C. The maximum atomic E-state index is 12.2. The lowest BCUT2D eigenvalue weighted by atomic mass is 9.87. The molecule has 7 nitrogen and oxygen atoms in total. The maximum Gasteiger partial charge on any atom is 0.326 e. The number of carbonyl (C=O) groups is 2. The number of rotatable bonds is 8. The van der Waals surface area contributed by atoms with Gasteiger partial charge in [-0.1, -0.05) is 20.8 Å². The third kappa shape index (κ3) is 6.72. The van der Waals surface area contributed by atoms with Crippen LogP contribution in [0.15, 0.2) is 0 Å².